The maximum absolute atomic E-state index is 5.89. The zero-order valence-electron chi connectivity index (χ0n) is 10.6. The molecule has 0 saturated heterocycles. The molecule has 1 rings (SSSR count). The lowest BCUT2D eigenvalue weighted by atomic mass is 10.1. The molecule has 0 saturated carbocycles. The zero-order chi connectivity index (χ0) is 13.7. The van der Waals surface area contributed by atoms with Crippen molar-refractivity contribution in [2.24, 2.45) is 17.4 Å². The van der Waals surface area contributed by atoms with Gasteiger partial charge < -0.3 is 17.2 Å². The van der Waals surface area contributed by atoms with E-state index >= 15 is 0 Å². The SMILES string of the molecule is CC(C)CSc1ccc(N)c(/C(N)=[NH+]/C(N)=S)c1. The Morgan fingerprint density at radius 1 is 1.39 bits per heavy atom. The lowest BCUT2D eigenvalue weighted by Gasteiger charge is -2.08. The standard InChI is InChI=1S/C12H18N4S2/c1-7(2)6-18-8-3-4-10(13)9(5-8)11(14)16-12(15)17/h3-5,7H,6,13H2,1-2H3,(H4,14,15,16,17)/p+1. The fourth-order valence-corrected chi connectivity index (χ4v) is 2.32. The highest BCUT2D eigenvalue weighted by Gasteiger charge is 2.09. The second kappa shape index (κ2) is 6.61. The van der Waals surface area contributed by atoms with Crippen LogP contribution in [0.15, 0.2) is 23.1 Å². The average molecular weight is 283 g/mol. The smallest absolute Gasteiger partial charge is 0.285 e. The van der Waals surface area contributed by atoms with Crippen molar-refractivity contribution < 1.29 is 4.99 Å². The van der Waals surface area contributed by atoms with Gasteiger partial charge >= 0.3 is 0 Å². The molecular formula is C12H19N4S2+. The van der Waals surface area contributed by atoms with Crippen molar-refractivity contribution in [1.29, 1.82) is 0 Å². The van der Waals surface area contributed by atoms with Crippen LogP contribution in [-0.4, -0.2) is 16.7 Å². The second-order valence-electron chi connectivity index (χ2n) is 4.36. The van der Waals surface area contributed by atoms with Crippen LogP contribution in [0.1, 0.15) is 19.4 Å². The van der Waals surface area contributed by atoms with Gasteiger partial charge in [-0.25, -0.2) is 4.99 Å². The first-order valence-corrected chi connectivity index (χ1v) is 7.01. The van der Waals surface area contributed by atoms with Crippen LogP contribution in [0.2, 0.25) is 0 Å². The molecule has 98 valence electrons. The van der Waals surface area contributed by atoms with Crippen molar-refractivity contribution in [3.05, 3.63) is 23.8 Å². The monoisotopic (exact) mass is 283 g/mol. The van der Waals surface area contributed by atoms with Gasteiger partial charge in [0.05, 0.1) is 5.56 Å². The van der Waals surface area contributed by atoms with Gasteiger partial charge in [-0.15, -0.1) is 11.8 Å². The van der Waals surface area contributed by atoms with Crippen LogP contribution in [0.4, 0.5) is 5.69 Å². The van der Waals surface area contributed by atoms with Crippen LogP contribution in [-0.2, 0) is 0 Å². The van der Waals surface area contributed by atoms with Crippen molar-refractivity contribution in [3.63, 3.8) is 0 Å². The van der Waals surface area contributed by atoms with Crippen molar-refractivity contribution in [1.82, 2.24) is 0 Å². The Hall–Kier alpha value is -1.27. The van der Waals surface area contributed by atoms with Gasteiger partial charge in [-0.2, -0.15) is 0 Å². The lowest BCUT2D eigenvalue weighted by Crippen LogP contribution is -2.81. The molecule has 7 N–H and O–H groups in total. The topological polar surface area (TPSA) is 92.0 Å². The fourth-order valence-electron chi connectivity index (χ4n) is 1.32. The quantitative estimate of drug-likeness (QED) is 0.206. The third kappa shape index (κ3) is 4.54. The van der Waals surface area contributed by atoms with E-state index in [1.54, 1.807) is 11.8 Å². The first-order chi connectivity index (χ1) is 8.40. The Kier molecular flexibility index (Phi) is 5.43. The third-order valence-electron chi connectivity index (χ3n) is 2.16. The summed E-state index contributed by atoms with van der Waals surface area (Å²) >= 11 is 6.52. The average Bonchev–Trinajstić information content (AvgIpc) is 2.26. The molecule has 4 nitrogen and oxygen atoms in total. The molecular weight excluding hydrogens is 264 g/mol. The molecule has 6 heteroatoms. The third-order valence-corrected chi connectivity index (χ3v) is 3.68. The molecule has 0 unspecified atom stereocenters. The van der Waals surface area contributed by atoms with Crippen LogP contribution < -0.4 is 22.2 Å². The number of benzene rings is 1. The van der Waals surface area contributed by atoms with E-state index in [2.05, 4.69) is 18.8 Å². The molecule has 0 aliphatic carbocycles. The van der Waals surface area contributed by atoms with Gasteiger partial charge in [0.25, 0.3) is 5.11 Å². The van der Waals surface area contributed by atoms with Gasteiger partial charge in [-0.1, -0.05) is 13.8 Å². The van der Waals surface area contributed by atoms with Gasteiger partial charge in [-0.05, 0) is 36.3 Å². The van der Waals surface area contributed by atoms with Crippen LogP contribution in [0, 0.1) is 5.92 Å². The zero-order valence-corrected chi connectivity index (χ0v) is 12.2. The van der Waals surface area contributed by atoms with Crippen LogP contribution >= 0.6 is 24.0 Å². The highest BCUT2D eigenvalue weighted by atomic mass is 32.2. The Bertz CT molecular complexity index is 469. The molecule has 0 aliphatic rings. The minimum absolute atomic E-state index is 0.132. The van der Waals surface area contributed by atoms with Crippen LogP contribution in [0.3, 0.4) is 0 Å². The summed E-state index contributed by atoms with van der Waals surface area (Å²) in [5.41, 5.74) is 18.5. The predicted molar refractivity (Wildman–Crippen MR) is 82.5 cm³/mol. The summed E-state index contributed by atoms with van der Waals surface area (Å²) in [5, 5.41) is 0.132. The van der Waals surface area contributed by atoms with E-state index in [1.807, 2.05) is 18.2 Å². The summed E-state index contributed by atoms with van der Waals surface area (Å²) in [7, 11) is 0. The molecule has 0 spiro atoms. The van der Waals surface area contributed by atoms with E-state index in [0.717, 1.165) is 16.2 Å². The summed E-state index contributed by atoms with van der Waals surface area (Å²) in [6.07, 6.45) is 0. The van der Waals surface area contributed by atoms with E-state index in [0.29, 0.717) is 17.4 Å². The molecule has 1 aromatic rings. The normalized spacial score (nSPS) is 11.8. The minimum Gasteiger partial charge on any atom is -0.398 e. The van der Waals surface area contributed by atoms with E-state index in [-0.39, 0.29) is 5.11 Å². The fraction of sp³-hybridized carbons (Fsp3) is 0.333. The first-order valence-electron chi connectivity index (χ1n) is 5.61. The molecule has 0 bridgehead atoms. The van der Waals surface area contributed by atoms with Gasteiger partial charge in [0.15, 0.2) is 0 Å². The molecule has 0 aliphatic heterocycles. The summed E-state index contributed by atoms with van der Waals surface area (Å²) in [5.74, 6) is 2.06. The Morgan fingerprint density at radius 2 is 2.06 bits per heavy atom. The van der Waals surface area contributed by atoms with Crippen molar-refractivity contribution in [2.45, 2.75) is 18.7 Å². The number of nitrogens with two attached hydrogens (primary N) is 3. The summed E-state index contributed by atoms with van der Waals surface area (Å²) in [6.45, 7) is 4.36. The largest absolute Gasteiger partial charge is 0.398 e. The highest BCUT2D eigenvalue weighted by molar-refractivity contribution is 7.99. The van der Waals surface area contributed by atoms with Gasteiger partial charge in [-0.3, -0.25) is 0 Å². The van der Waals surface area contributed by atoms with E-state index < -0.39 is 0 Å². The number of amidine groups is 1. The molecule has 0 fully saturated rings. The molecule has 0 amide bonds. The Labute approximate surface area is 117 Å². The van der Waals surface area contributed by atoms with Crippen LogP contribution in [0.5, 0.6) is 0 Å². The van der Waals surface area contributed by atoms with Gasteiger partial charge in [0.1, 0.15) is 0 Å². The Balaban J connectivity index is 2.97. The summed E-state index contributed by atoms with van der Waals surface area (Å²) in [4.78, 5) is 3.83. The number of rotatable bonds is 4. The number of nitrogen functional groups attached to an aromatic ring is 2. The number of nitrogens with one attached hydrogen (secondary N) is 1. The molecule has 1 aromatic carbocycles. The van der Waals surface area contributed by atoms with Crippen molar-refractivity contribution in [3.8, 4) is 0 Å². The van der Waals surface area contributed by atoms with Crippen LogP contribution in [0.25, 0.3) is 0 Å². The Morgan fingerprint density at radius 3 is 2.61 bits per heavy atom. The number of anilines is 1. The lowest BCUT2D eigenvalue weighted by molar-refractivity contribution is -0.313. The molecule has 18 heavy (non-hydrogen) atoms. The number of thioether (sulfide) groups is 1. The molecule has 0 radical (unpaired) electrons. The van der Waals surface area contributed by atoms with E-state index in [9.17, 15) is 0 Å². The van der Waals surface area contributed by atoms with Crippen molar-refractivity contribution >= 4 is 40.6 Å². The minimum atomic E-state index is 0.132. The van der Waals surface area contributed by atoms with Gasteiger partial charge in [0.2, 0.25) is 5.84 Å². The second-order valence-corrected chi connectivity index (χ2v) is 5.89. The van der Waals surface area contributed by atoms with E-state index in [1.165, 1.54) is 0 Å². The predicted octanol–water partition coefficient (Wildman–Crippen LogP) is 0.0464. The molecule has 0 aromatic heterocycles. The molecule has 0 heterocycles. The number of hydrogen-bond acceptors (Lipinski definition) is 3. The molecule has 0 atom stereocenters. The maximum atomic E-state index is 5.89. The highest BCUT2D eigenvalue weighted by Crippen LogP contribution is 2.24. The summed E-state index contributed by atoms with van der Waals surface area (Å²) in [6, 6.07) is 5.77. The van der Waals surface area contributed by atoms with Crippen molar-refractivity contribution in [2.75, 3.05) is 11.5 Å². The first kappa shape index (κ1) is 14.8. The summed E-state index contributed by atoms with van der Waals surface area (Å²) < 4.78 is 0. The van der Waals surface area contributed by atoms with E-state index in [4.69, 9.17) is 29.4 Å². The maximum Gasteiger partial charge on any atom is 0.285 e. The van der Waals surface area contributed by atoms with Gasteiger partial charge in [0, 0.05) is 16.3 Å². The number of thiocarbonyl (C=S) groups is 1. The number of hydrogen-bond donors (Lipinski definition) is 4.